The minimum Gasteiger partial charge on any atom is -0.370 e. The summed E-state index contributed by atoms with van der Waals surface area (Å²) in [5, 5.41) is 4.47. The molecule has 1 saturated heterocycles. The van der Waals surface area contributed by atoms with Gasteiger partial charge in [-0.25, -0.2) is 0 Å². The molecule has 1 aliphatic heterocycles. The molecule has 0 radical (unpaired) electrons. The van der Waals surface area contributed by atoms with Gasteiger partial charge in [-0.05, 0) is 24.1 Å². The van der Waals surface area contributed by atoms with Crippen LogP contribution in [0, 0.1) is 6.92 Å². The normalized spacial score (nSPS) is 17.1. The van der Waals surface area contributed by atoms with Crippen LogP contribution in [0.2, 0.25) is 0 Å². The van der Waals surface area contributed by atoms with Crippen molar-refractivity contribution in [2.45, 2.75) is 13.0 Å². The Morgan fingerprint density at radius 2 is 1.85 bits per heavy atom. The topological polar surface area (TPSA) is 47.4 Å². The molecule has 2 heterocycles. The van der Waals surface area contributed by atoms with E-state index in [1.807, 2.05) is 48.3 Å². The van der Waals surface area contributed by atoms with Gasteiger partial charge in [-0.3, -0.25) is 9.48 Å². The summed E-state index contributed by atoms with van der Waals surface area (Å²) in [5.74, 6) is -0.0480. The van der Waals surface area contributed by atoms with Gasteiger partial charge in [-0.2, -0.15) is 5.10 Å². The fraction of sp³-hybridized carbons (Fsp3) is 0.273. The molecule has 5 nitrogen and oxygen atoms in total. The first-order valence-electron chi connectivity index (χ1n) is 9.19. The fourth-order valence-corrected chi connectivity index (χ4v) is 3.43. The van der Waals surface area contributed by atoms with Gasteiger partial charge in [0.25, 0.3) is 5.91 Å². The molecular weight excluding hydrogens is 338 g/mol. The summed E-state index contributed by atoms with van der Waals surface area (Å²) in [6.07, 6.45) is -0.0934. The van der Waals surface area contributed by atoms with Gasteiger partial charge in [0.15, 0.2) is 5.69 Å². The maximum absolute atomic E-state index is 13.0. The lowest BCUT2D eigenvalue weighted by atomic mass is 10.1. The highest BCUT2D eigenvalue weighted by atomic mass is 16.5. The Hall–Kier alpha value is -2.92. The molecule has 0 N–H and O–H groups in total. The largest absolute Gasteiger partial charge is 0.370 e. The SMILES string of the molecule is Cc1ccc(-c2cc(C(=O)N3CCOC(c4ccccc4)C3)nn2C)cc1. The van der Waals surface area contributed by atoms with Crippen molar-refractivity contribution in [2.24, 2.45) is 7.05 Å². The Kier molecular flexibility index (Phi) is 4.77. The van der Waals surface area contributed by atoms with Gasteiger partial charge < -0.3 is 9.64 Å². The van der Waals surface area contributed by atoms with E-state index < -0.39 is 0 Å². The Bertz CT molecular complexity index is 932. The first kappa shape index (κ1) is 17.5. The molecule has 138 valence electrons. The number of amides is 1. The van der Waals surface area contributed by atoms with E-state index >= 15 is 0 Å². The lowest BCUT2D eigenvalue weighted by Gasteiger charge is -2.32. The minimum absolute atomic E-state index is 0.0480. The third-order valence-corrected chi connectivity index (χ3v) is 4.97. The van der Waals surface area contributed by atoms with E-state index in [9.17, 15) is 4.79 Å². The fourth-order valence-electron chi connectivity index (χ4n) is 3.43. The number of aromatic nitrogens is 2. The van der Waals surface area contributed by atoms with Crippen LogP contribution in [0.25, 0.3) is 11.3 Å². The quantitative estimate of drug-likeness (QED) is 0.716. The van der Waals surface area contributed by atoms with Crippen molar-refractivity contribution in [3.63, 3.8) is 0 Å². The van der Waals surface area contributed by atoms with Crippen molar-refractivity contribution in [1.29, 1.82) is 0 Å². The highest BCUT2D eigenvalue weighted by Gasteiger charge is 2.27. The maximum Gasteiger partial charge on any atom is 0.274 e. The molecule has 1 fully saturated rings. The molecule has 0 aliphatic carbocycles. The Morgan fingerprint density at radius 1 is 1.11 bits per heavy atom. The number of morpholine rings is 1. The molecule has 0 spiro atoms. The van der Waals surface area contributed by atoms with E-state index in [0.717, 1.165) is 16.8 Å². The molecular formula is C22H23N3O2. The molecule has 0 bridgehead atoms. The van der Waals surface area contributed by atoms with Crippen LogP contribution >= 0.6 is 0 Å². The molecule has 27 heavy (non-hydrogen) atoms. The number of ether oxygens (including phenoxy) is 1. The van der Waals surface area contributed by atoms with Crippen LogP contribution in [0.3, 0.4) is 0 Å². The summed E-state index contributed by atoms with van der Waals surface area (Å²) >= 11 is 0. The first-order chi connectivity index (χ1) is 13.1. The number of benzene rings is 2. The zero-order chi connectivity index (χ0) is 18.8. The summed E-state index contributed by atoms with van der Waals surface area (Å²) < 4.78 is 7.64. The summed E-state index contributed by atoms with van der Waals surface area (Å²) in [6.45, 7) is 3.71. The molecule has 3 aromatic rings. The van der Waals surface area contributed by atoms with E-state index in [1.165, 1.54) is 5.56 Å². The van der Waals surface area contributed by atoms with Gasteiger partial charge in [0.1, 0.15) is 6.10 Å². The minimum atomic E-state index is -0.0934. The lowest BCUT2D eigenvalue weighted by Crippen LogP contribution is -2.42. The highest BCUT2D eigenvalue weighted by molar-refractivity contribution is 5.93. The number of rotatable bonds is 3. The second kappa shape index (κ2) is 7.37. The highest BCUT2D eigenvalue weighted by Crippen LogP contribution is 2.25. The van der Waals surface area contributed by atoms with Crippen LogP contribution in [0.5, 0.6) is 0 Å². The van der Waals surface area contributed by atoms with Crippen LogP contribution in [0.1, 0.15) is 27.7 Å². The number of nitrogens with zero attached hydrogens (tertiary/aromatic N) is 3. The van der Waals surface area contributed by atoms with Gasteiger partial charge in [-0.1, -0.05) is 60.2 Å². The monoisotopic (exact) mass is 361 g/mol. The summed E-state index contributed by atoms with van der Waals surface area (Å²) in [7, 11) is 1.87. The molecule has 1 aromatic heterocycles. The van der Waals surface area contributed by atoms with Gasteiger partial charge in [0, 0.05) is 13.6 Å². The zero-order valence-corrected chi connectivity index (χ0v) is 15.6. The molecule has 4 rings (SSSR count). The van der Waals surface area contributed by atoms with E-state index in [4.69, 9.17) is 4.74 Å². The van der Waals surface area contributed by atoms with Crippen molar-refractivity contribution >= 4 is 5.91 Å². The van der Waals surface area contributed by atoms with Crippen LogP contribution in [-0.2, 0) is 11.8 Å². The molecule has 1 aliphatic rings. The molecule has 1 amide bonds. The average Bonchev–Trinajstić information content (AvgIpc) is 3.10. The predicted octanol–water partition coefficient (Wildman–Crippen LogP) is 3.61. The van der Waals surface area contributed by atoms with Crippen LogP contribution < -0.4 is 0 Å². The van der Waals surface area contributed by atoms with Gasteiger partial charge >= 0.3 is 0 Å². The Morgan fingerprint density at radius 3 is 2.59 bits per heavy atom. The average molecular weight is 361 g/mol. The Balaban J connectivity index is 1.54. The number of carbonyl (C=O) groups is 1. The molecule has 1 unspecified atom stereocenters. The third kappa shape index (κ3) is 3.64. The van der Waals surface area contributed by atoms with Crippen LogP contribution in [0.4, 0.5) is 0 Å². The summed E-state index contributed by atoms with van der Waals surface area (Å²) in [5.41, 5.74) is 4.76. The van der Waals surface area contributed by atoms with E-state index in [0.29, 0.717) is 25.4 Å². The summed E-state index contributed by atoms with van der Waals surface area (Å²) in [4.78, 5) is 14.9. The van der Waals surface area contributed by atoms with Crippen molar-refractivity contribution in [1.82, 2.24) is 14.7 Å². The van der Waals surface area contributed by atoms with Crippen molar-refractivity contribution < 1.29 is 9.53 Å². The third-order valence-electron chi connectivity index (χ3n) is 4.97. The lowest BCUT2D eigenvalue weighted by molar-refractivity contribution is -0.0230. The van der Waals surface area contributed by atoms with Gasteiger partial charge in [-0.15, -0.1) is 0 Å². The molecule has 0 saturated carbocycles. The number of hydrogen-bond acceptors (Lipinski definition) is 3. The van der Waals surface area contributed by atoms with Crippen LogP contribution in [0.15, 0.2) is 60.7 Å². The predicted molar refractivity (Wildman–Crippen MR) is 104 cm³/mol. The number of hydrogen-bond donors (Lipinski definition) is 0. The molecule has 1 atom stereocenters. The van der Waals surface area contributed by atoms with Crippen molar-refractivity contribution in [3.8, 4) is 11.3 Å². The van der Waals surface area contributed by atoms with Crippen molar-refractivity contribution in [3.05, 3.63) is 77.5 Å². The van der Waals surface area contributed by atoms with Gasteiger partial charge in [0.2, 0.25) is 0 Å². The first-order valence-corrected chi connectivity index (χ1v) is 9.19. The van der Waals surface area contributed by atoms with Gasteiger partial charge in [0.05, 0.1) is 18.8 Å². The van der Waals surface area contributed by atoms with Crippen LogP contribution in [-0.4, -0.2) is 40.3 Å². The standard InChI is InChI=1S/C22H23N3O2/c1-16-8-10-17(11-9-16)20-14-19(23-24(20)2)22(26)25-12-13-27-21(15-25)18-6-4-3-5-7-18/h3-11,14,21H,12-13,15H2,1-2H3. The van der Waals surface area contributed by atoms with Crippen molar-refractivity contribution in [2.75, 3.05) is 19.7 Å². The number of carbonyl (C=O) groups excluding carboxylic acids is 1. The smallest absolute Gasteiger partial charge is 0.274 e. The molecule has 2 aromatic carbocycles. The van der Waals surface area contributed by atoms with E-state index in [1.54, 1.807) is 4.68 Å². The summed E-state index contributed by atoms with van der Waals surface area (Å²) in [6, 6.07) is 20.2. The van der Waals surface area contributed by atoms with E-state index in [-0.39, 0.29) is 12.0 Å². The number of aryl methyl sites for hydroxylation is 2. The zero-order valence-electron chi connectivity index (χ0n) is 15.6. The maximum atomic E-state index is 13.0. The Labute approximate surface area is 159 Å². The molecule has 5 heteroatoms. The second-order valence-corrected chi connectivity index (χ2v) is 6.93. The van der Waals surface area contributed by atoms with E-state index in [2.05, 4.69) is 36.3 Å². The second-order valence-electron chi connectivity index (χ2n) is 6.93.